The summed E-state index contributed by atoms with van der Waals surface area (Å²) in [6, 6.07) is 47.7. The monoisotopic (exact) mass is 650 g/mol. The van der Waals surface area contributed by atoms with Gasteiger partial charge in [0.25, 0.3) is 0 Å². The van der Waals surface area contributed by atoms with Gasteiger partial charge in [0.2, 0.25) is 0 Å². The van der Waals surface area contributed by atoms with Gasteiger partial charge in [0.1, 0.15) is 5.82 Å². The molecule has 0 amide bonds. The van der Waals surface area contributed by atoms with Crippen molar-refractivity contribution in [3.63, 3.8) is 0 Å². The lowest BCUT2D eigenvalue weighted by atomic mass is 9.98. The molecule has 0 bridgehead atoms. The molecule has 11 aromatic rings. The van der Waals surface area contributed by atoms with Crippen molar-refractivity contribution in [1.29, 1.82) is 0 Å². The summed E-state index contributed by atoms with van der Waals surface area (Å²) in [5, 5.41) is 11.9. The zero-order valence-corrected chi connectivity index (χ0v) is 27.9. The molecule has 238 valence electrons. The molecule has 4 nitrogen and oxygen atoms in total. The average Bonchev–Trinajstić information content (AvgIpc) is 3.81. The predicted molar refractivity (Wildman–Crippen MR) is 216 cm³/mol. The van der Waals surface area contributed by atoms with Gasteiger partial charge in [-0.25, -0.2) is 9.97 Å². The van der Waals surface area contributed by atoms with Gasteiger partial charge in [-0.15, -0.1) is 0 Å². The Bertz CT molecular complexity index is 3280. The van der Waals surface area contributed by atoms with E-state index in [0.29, 0.717) is 5.82 Å². The van der Waals surface area contributed by atoms with Crippen LogP contribution in [0.4, 0.5) is 0 Å². The molecule has 7 aromatic carbocycles. The summed E-state index contributed by atoms with van der Waals surface area (Å²) in [4.78, 5) is 10.7. The number of benzene rings is 7. The summed E-state index contributed by atoms with van der Waals surface area (Å²) in [5.74, 6) is 1.58. The van der Waals surface area contributed by atoms with Crippen molar-refractivity contribution >= 4 is 93.6 Å². The second-order valence-corrected chi connectivity index (χ2v) is 13.3. The molecule has 0 atom stereocenters. The van der Waals surface area contributed by atoms with E-state index in [9.17, 15) is 0 Å². The molecule has 0 spiro atoms. The summed E-state index contributed by atoms with van der Waals surface area (Å²) < 4.78 is 4.81. The van der Waals surface area contributed by atoms with Crippen LogP contribution in [0.5, 0.6) is 0 Å². The van der Waals surface area contributed by atoms with E-state index in [-0.39, 0.29) is 0 Å². The smallest absolute Gasteiger partial charge is 0.162 e. The number of aromatic nitrogens is 4. The first-order valence-electron chi connectivity index (χ1n) is 17.4. The summed E-state index contributed by atoms with van der Waals surface area (Å²) in [6.45, 7) is 6.39. The Morgan fingerprint density at radius 2 is 1.27 bits per heavy atom. The van der Waals surface area contributed by atoms with Gasteiger partial charge in [0.15, 0.2) is 5.82 Å². The highest BCUT2D eigenvalue weighted by atomic mass is 15.1. The van der Waals surface area contributed by atoms with Gasteiger partial charge in [-0.3, -0.25) is 4.57 Å². The van der Waals surface area contributed by atoms with Crippen molar-refractivity contribution in [2.24, 2.45) is 0 Å². The Kier molecular flexibility index (Phi) is 5.71. The second kappa shape index (κ2) is 10.4. The van der Waals surface area contributed by atoms with E-state index in [2.05, 4.69) is 168 Å². The van der Waals surface area contributed by atoms with Gasteiger partial charge < -0.3 is 4.40 Å². The third-order valence-corrected chi connectivity index (χ3v) is 10.7. The average molecular weight is 651 g/mol. The Hall–Kier alpha value is -6.78. The Morgan fingerprint density at radius 3 is 2.10 bits per heavy atom. The lowest BCUT2D eigenvalue weighted by Gasteiger charge is -2.14. The molecule has 0 aliphatic carbocycles. The number of hydrogen-bond donors (Lipinski definition) is 0. The minimum Gasteiger partial charge on any atom is -0.308 e. The molecule has 4 heterocycles. The first-order valence-corrected chi connectivity index (χ1v) is 17.4. The molecule has 0 unspecified atom stereocenters. The fourth-order valence-corrected chi connectivity index (χ4v) is 8.68. The second-order valence-electron chi connectivity index (χ2n) is 13.3. The van der Waals surface area contributed by atoms with Crippen molar-refractivity contribution < 1.29 is 0 Å². The zero-order valence-electron chi connectivity index (χ0n) is 27.9. The van der Waals surface area contributed by atoms with E-state index in [1.54, 1.807) is 0 Å². The van der Waals surface area contributed by atoms with Crippen molar-refractivity contribution in [2.75, 3.05) is 0 Å². The van der Waals surface area contributed by atoms with Crippen LogP contribution in [0.25, 0.3) is 111 Å². The maximum absolute atomic E-state index is 5.53. The van der Waals surface area contributed by atoms with E-state index in [1.165, 1.54) is 59.7 Å². The molecular formula is C47H30N4. The molecule has 11 rings (SSSR count). The molecule has 0 radical (unpaired) electrons. The van der Waals surface area contributed by atoms with Crippen molar-refractivity contribution in [3.05, 3.63) is 157 Å². The standard InChI is InChI=1S/C47H30N4/c1-3-14-32-36-27-41-44(43-35-21-10-12-24-39(35)50(45(36)43)38(32)4-2)42-31-19-8-6-16-29(31)25-26-40(42)51(41)47-34-20-9-11-23-37(34)48-46(49-47)33-22-13-17-28-15-5-7-18-30(28)33/h3-27H,2H2,1H3/b14-3-. The lowest BCUT2D eigenvalue weighted by molar-refractivity contribution is 1.08. The summed E-state index contributed by atoms with van der Waals surface area (Å²) in [6.07, 6.45) is 6.35. The number of nitrogens with zero attached hydrogens (tertiary/aromatic N) is 4. The lowest BCUT2D eigenvalue weighted by Crippen LogP contribution is -2.03. The molecule has 0 saturated heterocycles. The third kappa shape index (κ3) is 3.68. The van der Waals surface area contributed by atoms with Crippen molar-refractivity contribution in [3.8, 4) is 17.2 Å². The van der Waals surface area contributed by atoms with Gasteiger partial charge in [-0.05, 0) is 64.9 Å². The van der Waals surface area contributed by atoms with Crippen LogP contribution in [0.15, 0.2) is 146 Å². The normalized spacial score (nSPS) is 12.4. The first-order chi connectivity index (χ1) is 25.2. The number of allylic oxidation sites excluding steroid dienone is 1. The van der Waals surface area contributed by atoms with Crippen molar-refractivity contribution in [2.45, 2.75) is 6.92 Å². The van der Waals surface area contributed by atoms with Gasteiger partial charge in [0.05, 0.1) is 33.3 Å². The van der Waals surface area contributed by atoms with E-state index in [4.69, 9.17) is 9.97 Å². The SMILES string of the molecule is C=Cc1c(/C=C\C)c2cc3c(c4c5ccccc5ccc4n3-c3nc(-c4cccc5ccccc45)nc4ccccc34)c3c4ccccc4n1c23. The minimum absolute atomic E-state index is 0.710. The fourth-order valence-electron chi connectivity index (χ4n) is 8.68. The summed E-state index contributed by atoms with van der Waals surface area (Å²) >= 11 is 0. The first kappa shape index (κ1) is 28.1. The summed E-state index contributed by atoms with van der Waals surface area (Å²) in [7, 11) is 0. The maximum atomic E-state index is 5.53. The van der Waals surface area contributed by atoms with Crippen LogP contribution < -0.4 is 0 Å². The predicted octanol–water partition coefficient (Wildman–Crippen LogP) is 12.4. The molecule has 4 heteroatoms. The van der Waals surface area contributed by atoms with E-state index in [1.807, 2.05) is 6.08 Å². The van der Waals surface area contributed by atoms with Crippen LogP contribution in [-0.4, -0.2) is 18.9 Å². The van der Waals surface area contributed by atoms with Crippen LogP contribution >= 0.6 is 0 Å². The Morgan fingerprint density at radius 1 is 0.569 bits per heavy atom. The van der Waals surface area contributed by atoms with Crippen LogP contribution in [0.3, 0.4) is 0 Å². The number of hydrogen-bond acceptors (Lipinski definition) is 2. The zero-order chi connectivity index (χ0) is 33.8. The van der Waals surface area contributed by atoms with Gasteiger partial charge >= 0.3 is 0 Å². The highest BCUT2D eigenvalue weighted by Gasteiger charge is 2.27. The molecule has 0 N–H and O–H groups in total. The van der Waals surface area contributed by atoms with Crippen LogP contribution in [0.2, 0.25) is 0 Å². The highest BCUT2D eigenvalue weighted by molar-refractivity contribution is 6.36. The topological polar surface area (TPSA) is 35.1 Å². The number of rotatable bonds is 4. The molecule has 4 aromatic heterocycles. The minimum atomic E-state index is 0.710. The highest BCUT2D eigenvalue weighted by Crippen LogP contribution is 2.48. The van der Waals surface area contributed by atoms with Crippen molar-refractivity contribution in [1.82, 2.24) is 18.9 Å². The Labute approximate surface area is 293 Å². The molecule has 0 aliphatic heterocycles. The quantitative estimate of drug-likeness (QED) is 0.190. The fraction of sp³-hybridized carbons (Fsp3) is 0.0213. The molecular weight excluding hydrogens is 621 g/mol. The number of para-hydroxylation sites is 2. The molecule has 0 aliphatic rings. The van der Waals surface area contributed by atoms with E-state index in [0.717, 1.165) is 44.4 Å². The van der Waals surface area contributed by atoms with Gasteiger partial charge in [0, 0.05) is 43.4 Å². The summed E-state index contributed by atoms with van der Waals surface area (Å²) in [5.41, 5.74) is 8.85. The van der Waals surface area contributed by atoms with Gasteiger partial charge in [-0.1, -0.05) is 122 Å². The third-order valence-electron chi connectivity index (χ3n) is 10.7. The van der Waals surface area contributed by atoms with Gasteiger partial charge in [-0.2, -0.15) is 0 Å². The van der Waals surface area contributed by atoms with Crippen LogP contribution in [-0.2, 0) is 0 Å². The Balaban J connectivity index is 1.41. The molecule has 0 saturated carbocycles. The van der Waals surface area contributed by atoms with E-state index < -0.39 is 0 Å². The van der Waals surface area contributed by atoms with Crippen LogP contribution in [0.1, 0.15) is 18.2 Å². The van der Waals surface area contributed by atoms with E-state index >= 15 is 0 Å². The largest absolute Gasteiger partial charge is 0.308 e. The number of fused-ring (bicyclic) bond motifs is 11. The maximum Gasteiger partial charge on any atom is 0.162 e. The molecule has 51 heavy (non-hydrogen) atoms. The van der Waals surface area contributed by atoms with Crippen LogP contribution in [0, 0.1) is 0 Å². The molecule has 0 fully saturated rings.